The summed E-state index contributed by atoms with van der Waals surface area (Å²) in [7, 11) is 1.59. The van der Waals surface area contributed by atoms with Crippen LogP contribution in [-0.2, 0) is 4.79 Å². The van der Waals surface area contributed by atoms with Crippen LogP contribution < -0.4 is 10.6 Å². The van der Waals surface area contributed by atoms with Crippen LogP contribution in [0.3, 0.4) is 0 Å². The van der Waals surface area contributed by atoms with Crippen LogP contribution in [0.15, 0.2) is 48.5 Å². The summed E-state index contributed by atoms with van der Waals surface area (Å²) in [6.07, 6.45) is 2.16. The Morgan fingerprint density at radius 3 is 2.90 bits per heavy atom. The minimum Gasteiger partial charge on any atom is -0.355 e. The average molecular weight is 409 g/mol. The van der Waals surface area contributed by atoms with E-state index in [2.05, 4.69) is 27.7 Å². The maximum absolute atomic E-state index is 12.5. The molecule has 1 saturated heterocycles. The molecule has 1 aromatic heterocycles. The molecule has 2 N–H and O–H groups in total. The van der Waals surface area contributed by atoms with Gasteiger partial charge in [-0.3, -0.25) is 14.5 Å². The van der Waals surface area contributed by atoms with Gasteiger partial charge in [0.05, 0.1) is 21.8 Å². The second-order valence-electron chi connectivity index (χ2n) is 7.30. The normalized spacial score (nSPS) is 17.2. The summed E-state index contributed by atoms with van der Waals surface area (Å²) >= 11 is 1.76. The highest BCUT2D eigenvalue weighted by Gasteiger charge is 2.25. The number of fused-ring (bicyclic) bond motifs is 1. The Morgan fingerprint density at radius 1 is 1.21 bits per heavy atom. The van der Waals surface area contributed by atoms with Crippen molar-refractivity contribution in [1.82, 2.24) is 15.2 Å². The summed E-state index contributed by atoms with van der Waals surface area (Å²) in [4.78, 5) is 31.3. The molecule has 1 aliphatic heterocycles. The number of thiazole rings is 1. The molecule has 1 atom stereocenters. The molecule has 0 spiro atoms. The van der Waals surface area contributed by atoms with Gasteiger partial charge in [0.2, 0.25) is 5.91 Å². The Balaban J connectivity index is 1.38. The fraction of sp³-hybridized carbons (Fsp3) is 0.318. The summed E-state index contributed by atoms with van der Waals surface area (Å²) < 4.78 is 1.22. The number of amides is 2. The quantitative estimate of drug-likeness (QED) is 0.678. The molecule has 3 aromatic rings. The van der Waals surface area contributed by atoms with Gasteiger partial charge in [-0.05, 0) is 49.7 Å². The Hall–Kier alpha value is -2.77. The van der Waals surface area contributed by atoms with Crippen molar-refractivity contribution in [3.63, 3.8) is 0 Å². The Labute approximate surface area is 173 Å². The van der Waals surface area contributed by atoms with Crippen molar-refractivity contribution in [1.29, 1.82) is 0 Å². The highest BCUT2D eigenvalue weighted by molar-refractivity contribution is 7.18. The van der Waals surface area contributed by atoms with Gasteiger partial charge in [-0.1, -0.05) is 18.2 Å². The number of carbonyl (C=O) groups is 2. The Morgan fingerprint density at radius 2 is 2.07 bits per heavy atom. The van der Waals surface area contributed by atoms with E-state index in [1.54, 1.807) is 42.6 Å². The first-order valence-electron chi connectivity index (χ1n) is 9.82. The van der Waals surface area contributed by atoms with Crippen molar-refractivity contribution in [2.24, 2.45) is 0 Å². The molecule has 2 aromatic carbocycles. The number of benzene rings is 2. The van der Waals surface area contributed by atoms with E-state index in [-0.39, 0.29) is 11.8 Å². The number of para-hydroxylation sites is 1. The van der Waals surface area contributed by atoms with Gasteiger partial charge < -0.3 is 10.6 Å². The standard InChI is InChI=1S/C22H24N4O2S/c1-23-21(28)15-6-4-8-17(12-15)24-20(27)14-26-11-5-7-16(13-26)22-25-18-9-2-3-10-19(18)29-22/h2-4,6,8-10,12,16H,5,7,11,13-14H2,1H3,(H,23,28)(H,24,27)/t16-/m0/s1. The van der Waals surface area contributed by atoms with E-state index in [9.17, 15) is 9.59 Å². The molecule has 2 amide bonds. The van der Waals surface area contributed by atoms with E-state index >= 15 is 0 Å². The smallest absolute Gasteiger partial charge is 0.251 e. The maximum atomic E-state index is 12.5. The third kappa shape index (κ3) is 4.63. The average Bonchev–Trinajstić information content (AvgIpc) is 3.18. The molecule has 0 unspecified atom stereocenters. The number of hydrogen-bond acceptors (Lipinski definition) is 5. The molecule has 0 bridgehead atoms. The lowest BCUT2D eigenvalue weighted by molar-refractivity contribution is -0.117. The summed E-state index contributed by atoms with van der Waals surface area (Å²) in [5, 5.41) is 6.67. The van der Waals surface area contributed by atoms with E-state index in [0.29, 0.717) is 23.7 Å². The van der Waals surface area contributed by atoms with Crippen molar-refractivity contribution in [3.05, 3.63) is 59.1 Å². The van der Waals surface area contributed by atoms with Gasteiger partial charge in [-0.2, -0.15) is 0 Å². The molecular formula is C22H24N4O2S. The molecule has 0 radical (unpaired) electrons. The van der Waals surface area contributed by atoms with E-state index in [1.807, 2.05) is 12.1 Å². The summed E-state index contributed by atoms with van der Waals surface area (Å²) in [6, 6.07) is 15.2. The minimum absolute atomic E-state index is 0.0657. The SMILES string of the molecule is CNC(=O)c1cccc(NC(=O)CN2CCC[C@H](c3nc4ccccc4s3)C2)c1. The Kier molecular flexibility index (Phi) is 5.87. The first-order valence-corrected chi connectivity index (χ1v) is 10.6. The van der Waals surface area contributed by atoms with E-state index in [0.717, 1.165) is 36.5 Å². The van der Waals surface area contributed by atoms with Gasteiger partial charge in [0.25, 0.3) is 5.91 Å². The first-order chi connectivity index (χ1) is 14.1. The zero-order valence-corrected chi connectivity index (χ0v) is 17.2. The number of piperidine rings is 1. The first kappa shape index (κ1) is 19.5. The van der Waals surface area contributed by atoms with Crippen LogP contribution in [0.2, 0.25) is 0 Å². The van der Waals surface area contributed by atoms with Crippen LogP contribution in [0.5, 0.6) is 0 Å². The molecule has 150 valence electrons. The van der Waals surface area contributed by atoms with E-state index in [1.165, 1.54) is 4.70 Å². The molecule has 6 nitrogen and oxygen atoms in total. The van der Waals surface area contributed by atoms with Gasteiger partial charge in [-0.25, -0.2) is 4.98 Å². The second kappa shape index (κ2) is 8.71. The molecule has 2 heterocycles. The fourth-order valence-electron chi connectivity index (χ4n) is 3.75. The van der Waals surface area contributed by atoms with E-state index in [4.69, 9.17) is 4.98 Å². The number of nitrogens with zero attached hydrogens (tertiary/aromatic N) is 2. The monoisotopic (exact) mass is 408 g/mol. The highest BCUT2D eigenvalue weighted by Crippen LogP contribution is 2.32. The van der Waals surface area contributed by atoms with Crippen molar-refractivity contribution in [2.75, 3.05) is 32.0 Å². The largest absolute Gasteiger partial charge is 0.355 e. The third-order valence-corrected chi connectivity index (χ3v) is 6.37. The van der Waals surface area contributed by atoms with Gasteiger partial charge >= 0.3 is 0 Å². The molecule has 0 aliphatic carbocycles. The minimum atomic E-state index is -0.171. The van der Waals surface area contributed by atoms with Crippen molar-refractivity contribution >= 4 is 39.1 Å². The highest BCUT2D eigenvalue weighted by atomic mass is 32.1. The number of anilines is 1. The van der Waals surface area contributed by atoms with Crippen LogP contribution in [0.4, 0.5) is 5.69 Å². The number of aromatic nitrogens is 1. The summed E-state index contributed by atoms with van der Waals surface area (Å²) in [5.41, 5.74) is 2.22. The number of nitrogens with one attached hydrogen (secondary N) is 2. The van der Waals surface area contributed by atoms with Crippen LogP contribution >= 0.6 is 11.3 Å². The van der Waals surface area contributed by atoms with Crippen LogP contribution in [0.1, 0.15) is 34.1 Å². The third-order valence-electron chi connectivity index (χ3n) is 5.17. The Bertz CT molecular complexity index is 999. The lowest BCUT2D eigenvalue weighted by Gasteiger charge is -2.31. The van der Waals surface area contributed by atoms with Gasteiger partial charge in [0.15, 0.2) is 0 Å². The van der Waals surface area contributed by atoms with Gasteiger partial charge in [0.1, 0.15) is 0 Å². The summed E-state index contributed by atoms with van der Waals surface area (Å²) in [6.45, 7) is 2.09. The van der Waals surface area contributed by atoms with Crippen LogP contribution in [0.25, 0.3) is 10.2 Å². The van der Waals surface area contributed by atoms with Crippen molar-refractivity contribution in [3.8, 4) is 0 Å². The number of likely N-dealkylation sites (tertiary alicyclic amines) is 1. The van der Waals surface area contributed by atoms with E-state index < -0.39 is 0 Å². The molecular weight excluding hydrogens is 384 g/mol. The lowest BCUT2D eigenvalue weighted by Crippen LogP contribution is -2.39. The second-order valence-corrected chi connectivity index (χ2v) is 8.36. The summed E-state index contributed by atoms with van der Waals surface area (Å²) in [5.74, 6) is 0.130. The molecule has 1 aliphatic rings. The van der Waals surface area contributed by atoms with Gasteiger partial charge in [0, 0.05) is 30.8 Å². The predicted octanol–water partition coefficient (Wildman–Crippen LogP) is 3.47. The molecule has 29 heavy (non-hydrogen) atoms. The molecule has 7 heteroatoms. The number of carbonyl (C=O) groups excluding carboxylic acids is 2. The van der Waals surface area contributed by atoms with Crippen molar-refractivity contribution in [2.45, 2.75) is 18.8 Å². The lowest BCUT2D eigenvalue weighted by atomic mass is 9.99. The zero-order chi connectivity index (χ0) is 20.2. The van der Waals surface area contributed by atoms with Gasteiger partial charge in [-0.15, -0.1) is 11.3 Å². The fourth-order valence-corrected chi connectivity index (χ4v) is 4.84. The van der Waals surface area contributed by atoms with Crippen LogP contribution in [-0.4, -0.2) is 48.4 Å². The van der Waals surface area contributed by atoms with Crippen molar-refractivity contribution < 1.29 is 9.59 Å². The zero-order valence-electron chi connectivity index (χ0n) is 16.4. The topological polar surface area (TPSA) is 74.3 Å². The maximum Gasteiger partial charge on any atom is 0.251 e. The molecule has 1 fully saturated rings. The number of hydrogen-bond donors (Lipinski definition) is 2. The number of rotatable bonds is 5. The molecule has 0 saturated carbocycles. The molecule has 4 rings (SSSR count). The van der Waals surface area contributed by atoms with Crippen LogP contribution in [0, 0.1) is 0 Å². The predicted molar refractivity (Wildman–Crippen MR) is 116 cm³/mol.